The quantitative estimate of drug-likeness (QED) is 0.534. The molecule has 1 saturated heterocycles. The summed E-state index contributed by atoms with van der Waals surface area (Å²) in [5, 5.41) is 5.53. The molecular formula is C27H31N5O2. The zero-order chi connectivity index (χ0) is 23.8. The van der Waals surface area contributed by atoms with Crippen LogP contribution >= 0.6 is 0 Å². The van der Waals surface area contributed by atoms with Crippen molar-refractivity contribution in [2.45, 2.75) is 19.5 Å². The van der Waals surface area contributed by atoms with Crippen LogP contribution in [0.3, 0.4) is 0 Å². The van der Waals surface area contributed by atoms with Gasteiger partial charge in [0.05, 0.1) is 6.04 Å². The second-order valence-corrected chi connectivity index (χ2v) is 8.54. The number of benzene rings is 2. The summed E-state index contributed by atoms with van der Waals surface area (Å²) in [6.07, 6.45) is 3.57. The van der Waals surface area contributed by atoms with Crippen molar-refractivity contribution in [2.24, 2.45) is 0 Å². The van der Waals surface area contributed by atoms with Gasteiger partial charge in [0, 0.05) is 57.3 Å². The molecule has 0 saturated carbocycles. The van der Waals surface area contributed by atoms with Crippen LogP contribution in [0, 0.1) is 6.92 Å². The van der Waals surface area contributed by atoms with Gasteiger partial charge < -0.3 is 15.5 Å². The highest BCUT2D eigenvalue weighted by molar-refractivity contribution is 6.35. The number of hydrogen-bond acceptors (Lipinski definition) is 5. The fourth-order valence-electron chi connectivity index (χ4n) is 4.20. The smallest absolute Gasteiger partial charge is 0.309 e. The predicted octanol–water partition coefficient (Wildman–Crippen LogP) is 2.69. The van der Waals surface area contributed by atoms with E-state index in [9.17, 15) is 9.59 Å². The normalized spacial score (nSPS) is 14.9. The van der Waals surface area contributed by atoms with E-state index in [0.717, 1.165) is 42.9 Å². The van der Waals surface area contributed by atoms with Crippen LogP contribution < -0.4 is 15.5 Å². The van der Waals surface area contributed by atoms with Crippen LogP contribution in [0.15, 0.2) is 79.1 Å². The van der Waals surface area contributed by atoms with Crippen molar-refractivity contribution in [3.8, 4) is 0 Å². The molecule has 0 bridgehead atoms. The van der Waals surface area contributed by atoms with Crippen LogP contribution in [0.4, 0.5) is 5.69 Å². The van der Waals surface area contributed by atoms with Crippen molar-refractivity contribution in [3.63, 3.8) is 0 Å². The van der Waals surface area contributed by atoms with Gasteiger partial charge in [-0.15, -0.1) is 0 Å². The van der Waals surface area contributed by atoms with Gasteiger partial charge in [-0.2, -0.15) is 0 Å². The summed E-state index contributed by atoms with van der Waals surface area (Å²) in [5.41, 5.74) is 4.35. The lowest BCUT2D eigenvalue weighted by molar-refractivity contribution is -0.139. The van der Waals surface area contributed by atoms with E-state index in [4.69, 9.17) is 0 Å². The Morgan fingerprint density at radius 1 is 0.882 bits per heavy atom. The van der Waals surface area contributed by atoms with Gasteiger partial charge in [0.25, 0.3) is 0 Å². The van der Waals surface area contributed by atoms with E-state index in [1.165, 1.54) is 5.69 Å². The number of aromatic nitrogens is 1. The maximum Gasteiger partial charge on any atom is 0.309 e. The van der Waals surface area contributed by atoms with Crippen molar-refractivity contribution in [1.82, 2.24) is 20.5 Å². The summed E-state index contributed by atoms with van der Waals surface area (Å²) >= 11 is 0. The third-order valence-corrected chi connectivity index (χ3v) is 6.18. The van der Waals surface area contributed by atoms with Crippen LogP contribution in [0.2, 0.25) is 0 Å². The number of carbonyl (C=O) groups excluding carboxylic acids is 2. The zero-order valence-corrected chi connectivity index (χ0v) is 19.5. The second kappa shape index (κ2) is 11.4. The Morgan fingerprint density at radius 2 is 1.59 bits per heavy atom. The van der Waals surface area contributed by atoms with E-state index < -0.39 is 11.8 Å². The molecule has 1 aromatic heterocycles. The molecule has 3 aromatic rings. The maximum atomic E-state index is 12.5. The number of carbonyl (C=O) groups is 2. The van der Waals surface area contributed by atoms with Gasteiger partial charge in [-0.1, -0.05) is 54.1 Å². The summed E-state index contributed by atoms with van der Waals surface area (Å²) in [5.74, 6) is -1.25. The maximum absolute atomic E-state index is 12.5. The van der Waals surface area contributed by atoms with E-state index in [2.05, 4.69) is 49.7 Å². The average molecular weight is 458 g/mol. The molecule has 0 radical (unpaired) electrons. The third kappa shape index (κ3) is 6.20. The molecule has 2 amide bonds. The molecular weight excluding hydrogens is 426 g/mol. The Labute approximate surface area is 200 Å². The summed E-state index contributed by atoms with van der Waals surface area (Å²) in [7, 11) is 0. The number of anilines is 1. The first-order chi connectivity index (χ1) is 16.6. The Kier molecular flexibility index (Phi) is 7.88. The van der Waals surface area contributed by atoms with E-state index >= 15 is 0 Å². The SMILES string of the molecule is Cc1ccc(CNC(=O)C(=O)NCC(c2cccnc2)N2CCN(c3ccccc3)CC2)cc1. The molecule has 4 rings (SSSR count). The number of piperazine rings is 1. The largest absolute Gasteiger partial charge is 0.369 e. The standard InChI is InChI=1S/C27H31N5O2/c1-21-9-11-22(12-10-21)18-29-26(33)27(34)30-20-25(23-6-5-13-28-19-23)32-16-14-31(15-17-32)24-7-3-2-4-8-24/h2-13,19,25H,14-18,20H2,1H3,(H,29,33)(H,30,34). The Balaban J connectivity index is 1.34. The van der Waals surface area contributed by atoms with Crippen molar-refractivity contribution >= 4 is 17.5 Å². The summed E-state index contributed by atoms with van der Waals surface area (Å²) in [4.78, 5) is 33.8. The number of nitrogens with one attached hydrogen (secondary N) is 2. The fourth-order valence-corrected chi connectivity index (χ4v) is 4.20. The van der Waals surface area contributed by atoms with Gasteiger partial charge in [-0.05, 0) is 36.2 Å². The number of amides is 2. The number of hydrogen-bond donors (Lipinski definition) is 2. The van der Waals surface area contributed by atoms with E-state index in [-0.39, 0.29) is 6.04 Å². The van der Waals surface area contributed by atoms with Crippen molar-refractivity contribution < 1.29 is 9.59 Å². The molecule has 0 aliphatic carbocycles. The Hall–Kier alpha value is -3.71. The van der Waals surface area contributed by atoms with Crippen molar-refractivity contribution in [1.29, 1.82) is 0 Å². The molecule has 7 nitrogen and oxygen atoms in total. The van der Waals surface area contributed by atoms with E-state index in [1.54, 1.807) is 6.20 Å². The number of para-hydroxylation sites is 1. The lowest BCUT2D eigenvalue weighted by Gasteiger charge is -2.40. The molecule has 1 aliphatic heterocycles. The molecule has 1 aliphatic rings. The highest BCUT2D eigenvalue weighted by Crippen LogP contribution is 2.23. The molecule has 0 spiro atoms. The van der Waals surface area contributed by atoms with Gasteiger partial charge >= 0.3 is 11.8 Å². The highest BCUT2D eigenvalue weighted by atomic mass is 16.2. The minimum atomic E-state index is -0.626. The lowest BCUT2D eigenvalue weighted by atomic mass is 10.1. The third-order valence-electron chi connectivity index (χ3n) is 6.18. The number of rotatable bonds is 7. The fraction of sp³-hybridized carbons (Fsp3) is 0.296. The van der Waals surface area contributed by atoms with Gasteiger partial charge in [0.15, 0.2) is 0 Å². The molecule has 1 fully saturated rings. The highest BCUT2D eigenvalue weighted by Gasteiger charge is 2.26. The molecule has 2 heterocycles. The van der Waals surface area contributed by atoms with Gasteiger partial charge in [0.2, 0.25) is 0 Å². The van der Waals surface area contributed by atoms with Crippen molar-refractivity contribution in [3.05, 3.63) is 95.8 Å². The second-order valence-electron chi connectivity index (χ2n) is 8.54. The van der Waals surface area contributed by atoms with Gasteiger partial charge in [-0.25, -0.2) is 0 Å². The number of aryl methyl sites for hydroxylation is 1. The number of pyridine rings is 1. The minimum absolute atomic E-state index is 0.0551. The van der Waals surface area contributed by atoms with E-state index in [0.29, 0.717) is 13.1 Å². The summed E-state index contributed by atoms with van der Waals surface area (Å²) in [6, 6.07) is 22.1. The first kappa shape index (κ1) is 23.4. The molecule has 1 unspecified atom stereocenters. The first-order valence-electron chi connectivity index (χ1n) is 11.7. The molecule has 2 aromatic carbocycles. The van der Waals surface area contributed by atoms with Crippen LogP contribution in [-0.4, -0.2) is 54.4 Å². The molecule has 7 heteroatoms. The van der Waals surface area contributed by atoms with Crippen LogP contribution in [-0.2, 0) is 16.1 Å². The van der Waals surface area contributed by atoms with Gasteiger partial charge in [-0.3, -0.25) is 19.5 Å². The predicted molar refractivity (Wildman–Crippen MR) is 133 cm³/mol. The molecule has 34 heavy (non-hydrogen) atoms. The minimum Gasteiger partial charge on any atom is -0.369 e. The Bertz CT molecular complexity index is 1070. The molecule has 176 valence electrons. The Morgan fingerprint density at radius 3 is 2.26 bits per heavy atom. The number of nitrogens with zero attached hydrogens (tertiary/aromatic N) is 3. The van der Waals surface area contributed by atoms with Crippen LogP contribution in [0.25, 0.3) is 0 Å². The monoisotopic (exact) mass is 457 g/mol. The van der Waals surface area contributed by atoms with Crippen molar-refractivity contribution in [2.75, 3.05) is 37.6 Å². The van der Waals surface area contributed by atoms with Gasteiger partial charge in [0.1, 0.15) is 0 Å². The summed E-state index contributed by atoms with van der Waals surface area (Å²) < 4.78 is 0. The van der Waals surface area contributed by atoms with Crippen LogP contribution in [0.1, 0.15) is 22.7 Å². The van der Waals surface area contributed by atoms with Crippen LogP contribution in [0.5, 0.6) is 0 Å². The van der Waals surface area contributed by atoms with E-state index in [1.807, 2.05) is 55.6 Å². The molecule has 1 atom stereocenters. The average Bonchev–Trinajstić information content (AvgIpc) is 2.89. The first-order valence-corrected chi connectivity index (χ1v) is 11.7. The molecule has 2 N–H and O–H groups in total. The zero-order valence-electron chi connectivity index (χ0n) is 19.5. The lowest BCUT2D eigenvalue weighted by Crippen LogP contribution is -2.50. The topological polar surface area (TPSA) is 77.6 Å². The summed E-state index contributed by atoms with van der Waals surface area (Å²) in [6.45, 7) is 6.16.